The highest BCUT2D eigenvalue weighted by atomic mass is 16.4. The van der Waals surface area contributed by atoms with Gasteiger partial charge in [-0.2, -0.15) is 0 Å². The maximum absolute atomic E-state index is 11.6. The largest absolute Gasteiger partial charge is 0.478 e. The summed E-state index contributed by atoms with van der Waals surface area (Å²) in [5.41, 5.74) is -0.0886. The van der Waals surface area contributed by atoms with Gasteiger partial charge in [-0.05, 0) is 0 Å². The summed E-state index contributed by atoms with van der Waals surface area (Å²) in [6.45, 7) is 0. The van der Waals surface area contributed by atoms with Gasteiger partial charge in [0.05, 0.1) is 11.8 Å². The maximum Gasteiger partial charge on any atom is 0.338 e. The topological polar surface area (TPSA) is 105 Å². The van der Waals surface area contributed by atoms with Crippen LogP contribution in [0.1, 0.15) is 20.9 Å². The molecule has 0 atom stereocenters. The lowest BCUT2D eigenvalue weighted by molar-refractivity contribution is 0.0696. The van der Waals surface area contributed by atoms with E-state index in [9.17, 15) is 9.59 Å². The van der Waals surface area contributed by atoms with Crippen LogP contribution in [0, 0.1) is 0 Å². The van der Waals surface area contributed by atoms with Crippen molar-refractivity contribution in [1.82, 2.24) is 9.97 Å². The molecule has 0 spiro atoms. The summed E-state index contributed by atoms with van der Waals surface area (Å²) in [6.07, 6.45) is 5.23. The van der Waals surface area contributed by atoms with Crippen molar-refractivity contribution in [3.8, 4) is 0 Å². The summed E-state index contributed by atoms with van der Waals surface area (Å²) in [5, 5.41) is 11.1. The predicted octanol–water partition coefficient (Wildman–Crippen LogP) is 1.02. The van der Waals surface area contributed by atoms with E-state index in [2.05, 4.69) is 15.3 Å². The quantitative estimate of drug-likeness (QED) is 0.819. The minimum absolute atomic E-state index is 0.0886. The first-order chi connectivity index (χ1) is 8.16. The summed E-state index contributed by atoms with van der Waals surface area (Å²) >= 11 is 0. The number of amides is 1. The highest BCUT2D eigenvalue weighted by Gasteiger charge is 2.14. The molecule has 7 nitrogen and oxygen atoms in total. The van der Waals surface area contributed by atoms with Gasteiger partial charge in [0.2, 0.25) is 0 Å². The number of anilines is 1. The van der Waals surface area contributed by atoms with E-state index in [1.807, 2.05) is 0 Å². The number of carbonyl (C=O) groups excluding carboxylic acids is 1. The molecule has 0 fully saturated rings. The molecule has 0 radical (unpaired) electrons. The molecule has 7 heteroatoms. The average Bonchev–Trinajstić information content (AvgIpc) is 2.79. The molecule has 0 aromatic carbocycles. The van der Waals surface area contributed by atoms with Gasteiger partial charge in [-0.1, -0.05) is 0 Å². The van der Waals surface area contributed by atoms with Gasteiger partial charge in [0, 0.05) is 18.5 Å². The summed E-state index contributed by atoms with van der Waals surface area (Å²) < 4.78 is 4.82. The fourth-order valence-corrected chi connectivity index (χ4v) is 1.11. The fraction of sp³-hybridized carbons (Fsp3) is 0. The van der Waals surface area contributed by atoms with Crippen LogP contribution in [0.15, 0.2) is 35.3 Å². The number of carboxylic acids is 1. The maximum atomic E-state index is 11.6. The van der Waals surface area contributed by atoms with Crippen LogP contribution in [-0.2, 0) is 0 Å². The Morgan fingerprint density at radius 3 is 2.76 bits per heavy atom. The third-order valence-electron chi connectivity index (χ3n) is 1.87. The van der Waals surface area contributed by atoms with Crippen LogP contribution in [0.2, 0.25) is 0 Å². The molecule has 2 heterocycles. The lowest BCUT2D eigenvalue weighted by atomic mass is 10.3. The van der Waals surface area contributed by atoms with Gasteiger partial charge >= 0.3 is 5.97 Å². The van der Waals surface area contributed by atoms with Gasteiger partial charge in [0.1, 0.15) is 6.26 Å². The number of aromatic carboxylic acids is 1. The zero-order valence-electron chi connectivity index (χ0n) is 8.45. The third-order valence-corrected chi connectivity index (χ3v) is 1.87. The van der Waals surface area contributed by atoms with Crippen LogP contribution in [0.5, 0.6) is 0 Å². The molecule has 1 amide bonds. The number of hydrogen-bond acceptors (Lipinski definition) is 5. The molecule has 0 saturated heterocycles. The molecular formula is C10H7N3O4. The second kappa shape index (κ2) is 4.44. The second-order valence-corrected chi connectivity index (χ2v) is 3.05. The van der Waals surface area contributed by atoms with Gasteiger partial charge in [0.15, 0.2) is 11.6 Å². The van der Waals surface area contributed by atoms with E-state index in [0.717, 1.165) is 12.3 Å². The van der Waals surface area contributed by atoms with Crippen molar-refractivity contribution in [1.29, 1.82) is 0 Å². The van der Waals surface area contributed by atoms with Crippen molar-refractivity contribution in [2.75, 3.05) is 5.32 Å². The smallest absolute Gasteiger partial charge is 0.338 e. The predicted molar refractivity (Wildman–Crippen MR) is 55.7 cm³/mol. The molecule has 0 unspecified atom stereocenters. The summed E-state index contributed by atoms with van der Waals surface area (Å²) in [7, 11) is 0. The van der Waals surface area contributed by atoms with Crippen LogP contribution in [-0.4, -0.2) is 27.0 Å². The number of carbonyl (C=O) groups is 2. The average molecular weight is 233 g/mol. The Labute approximate surface area is 95.1 Å². The standard InChI is InChI=1S/C10H7N3O4/c14-9(13-8-4-11-1-2-12-8)7-3-6(5-17-7)10(15)16/h1-5H,(H,15,16)(H,12,13,14). The SMILES string of the molecule is O=C(O)c1coc(C(=O)Nc2cnccn2)c1. The first-order valence-corrected chi connectivity index (χ1v) is 4.56. The number of furan rings is 1. The van der Waals surface area contributed by atoms with Crippen molar-refractivity contribution >= 4 is 17.7 Å². The molecule has 2 rings (SSSR count). The molecule has 2 N–H and O–H groups in total. The van der Waals surface area contributed by atoms with E-state index in [1.165, 1.54) is 18.6 Å². The Morgan fingerprint density at radius 2 is 2.18 bits per heavy atom. The lowest BCUT2D eigenvalue weighted by Crippen LogP contribution is -2.12. The van der Waals surface area contributed by atoms with E-state index in [4.69, 9.17) is 9.52 Å². The van der Waals surface area contributed by atoms with Gasteiger partial charge in [-0.15, -0.1) is 0 Å². The first-order valence-electron chi connectivity index (χ1n) is 4.56. The Balaban J connectivity index is 2.12. The van der Waals surface area contributed by atoms with Gasteiger partial charge in [-0.25, -0.2) is 9.78 Å². The minimum Gasteiger partial charge on any atom is -0.478 e. The molecule has 0 bridgehead atoms. The fourth-order valence-electron chi connectivity index (χ4n) is 1.11. The highest BCUT2D eigenvalue weighted by molar-refractivity contribution is 6.03. The van der Waals surface area contributed by atoms with Gasteiger partial charge in [0.25, 0.3) is 5.91 Å². The van der Waals surface area contributed by atoms with E-state index in [0.29, 0.717) is 0 Å². The first kappa shape index (κ1) is 10.8. The van der Waals surface area contributed by atoms with Gasteiger partial charge in [-0.3, -0.25) is 9.78 Å². The van der Waals surface area contributed by atoms with Crippen molar-refractivity contribution in [2.45, 2.75) is 0 Å². The number of nitrogens with one attached hydrogen (secondary N) is 1. The number of aromatic nitrogens is 2. The lowest BCUT2D eigenvalue weighted by Gasteiger charge is -1.99. The molecule has 0 aliphatic rings. The minimum atomic E-state index is -1.16. The van der Waals surface area contributed by atoms with Crippen LogP contribution < -0.4 is 5.32 Å². The third kappa shape index (κ3) is 2.46. The zero-order valence-corrected chi connectivity index (χ0v) is 8.45. The van der Waals surface area contributed by atoms with Crippen molar-refractivity contribution in [2.24, 2.45) is 0 Å². The van der Waals surface area contributed by atoms with Gasteiger partial charge < -0.3 is 14.8 Å². The summed E-state index contributed by atoms with van der Waals surface area (Å²) in [6, 6.07) is 1.13. The Hall–Kier alpha value is -2.70. The monoisotopic (exact) mass is 233 g/mol. The normalized spacial score (nSPS) is 9.88. The van der Waals surface area contributed by atoms with Crippen LogP contribution in [0.4, 0.5) is 5.82 Å². The molecule has 86 valence electrons. The second-order valence-electron chi connectivity index (χ2n) is 3.05. The molecule has 0 saturated carbocycles. The van der Waals surface area contributed by atoms with E-state index < -0.39 is 11.9 Å². The summed E-state index contributed by atoms with van der Waals surface area (Å²) in [4.78, 5) is 29.8. The van der Waals surface area contributed by atoms with Crippen LogP contribution in [0.25, 0.3) is 0 Å². The Morgan fingerprint density at radius 1 is 1.35 bits per heavy atom. The summed E-state index contributed by atoms with van der Waals surface area (Å²) in [5.74, 6) is -1.59. The Bertz CT molecular complexity index is 550. The van der Waals surface area contributed by atoms with E-state index in [-0.39, 0.29) is 17.1 Å². The zero-order chi connectivity index (χ0) is 12.3. The van der Waals surface area contributed by atoms with Crippen molar-refractivity contribution in [3.63, 3.8) is 0 Å². The number of nitrogens with zero attached hydrogens (tertiary/aromatic N) is 2. The van der Waals surface area contributed by atoms with E-state index >= 15 is 0 Å². The number of rotatable bonds is 3. The number of carboxylic acid groups (broad SMARTS) is 1. The Kier molecular flexibility index (Phi) is 2.82. The molecule has 2 aromatic heterocycles. The van der Waals surface area contributed by atoms with Crippen molar-refractivity contribution < 1.29 is 19.1 Å². The number of hydrogen-bond donors (Lipinski definition) is 2. The van der Waals surface area contributed by atoms with Crippen molar-refractivity contribution in [3.05, 3.63) is 42.2 Å². The molecular weight excluding hydrogens is 226 g/mol. The van der Waals surface area contributed by atoms with Crippen LogP contribution in [0.3, 0.4) is 0 Å². The highest BCUT2D eigenvalue weighted by Crippen LogP contribution is 2.09. The molecule has 2 aromatic rings. The van der Waals surface area contributed by atoms with E-state index in [1.54, 1.807) is 0 Å². The molecule has 0 aliphatic carbocycles. The molecule has 17 heavy (non-hydrogen) atoms. The van der Waals surface area contributed by atoms with Crippen LogP contribution >= 0.6 is 0 Å². The molecule has 0 aliphatic heterocycles.